The topological polar surface area (TPSA) is 57.5 Å². The van der Waals surface area contributed by atoms with Gasteiger partial charge < -0.3 is 10.6 Å². The van der Waals surface area contributed by atoms with Crippen LogP contribution in [-0.2, 0) is 13.6 Å². The summed E-state index contributed by atoms with van der Waals surface area (Å²) in [5.41, 5.74) is 3.50. The molecule has 0 spiro atoms. The lowest BCUT2D eigenvalue weighted by atomic mass is 10.1. The van der Waals surface area contributed by atoms with Crippen LogP contribution in [0.1, 0.15) is 43.6 Å². The van der Waals surface area contributed by atoms with Crippen molar-refractivity contribution in [2.24, 2.45) is 18.0 Å². The summed E-state index contributed by atoms with van der Waals surface area (Å²) in [6.07, 6.45) is 2.76. The molecule has 25 heavy (non-hydrogen) atoms. The molecular formula is C18H33IN6. The Morgan fingerprint density at radius 1 is 1.28 bits per heavy atom. The number of guanidine groups is 1. The smallest absolute Gasteiger partial charge is 0.191 e. The number of halogens is 1. The van der Waals surface area contributed by atoms with Gasteiger partial charge in [-0.3, -0.25) is 9.58 Å². The minimum atomic E-state index is 0. The van der Waals surface area contributed by atoms with Crippen LogP contribution < -0.4 is 10.6 Å². The second-order valence-electron chi connectivity index (χ2n) is 7.38. The molecule has 6 nitrogen and oxygen atoms in total. The standard InChI is InChI=1S/C18H32N6.HI/c1-6-19-18(20-9-16-13(3)22-23(5)14(16)4)21-17-11-24(10-12(17)2)15-7-8-15;/h12,15,17H,6-11H2,1-5H3,(H2,19,20,21);1H. The second-order valence-corrected chi connectivity index (χ2v) is 7.38. The second kappa shape index (κ2) is 8.70. The monoisotopic (exact) mass is 460 g/mol. The molecule has 1 saturated heterocycles. The lowest BCUT2D eigenvalue weighted by Gasteiger charge is -2.20. The Hall–Kier alpha value is -0.830. The van der Waals surface area contributed by atoms with Gasteiger partial charge >= 0.3 is 0 Å². The fourth-order valence-corrected chi connectivity index (χ4v) is 3.63. The fourth-order valence-electron chi connectivity index (χ4n) is 3.63. The van der Waals surface area contributed by atoms with E-state index in [9.17, 15) is 0 Å². The first-order valence-electron chi connectivity index (χ1n) is 9.27. The predicted octanol–water partition coefficient (Wildman–Crippen LogP) is 2.19. The number of nitrogens with one attached hydrogen (secondary N) is 2. The number of nitrogens with zero attached hydrogens (tertiary/aromatic N) is 4. The maximum Gasteiger partial charge on any atom is 0.191 e. The third kappa shape index (κ3) is 4.87. The largest absolute Gasteiger partial charge is 0.357 e. The number of rotatable bonds is 5. The average Bonchev–Trinajstić information content (AvgIpc) is 3.27. The molecule has 2 atom stereocenters. The molecule has 1 aliphatic carbocycles. The van der Waals surface area contributed by atoms with Gasteiger partial charge in [-0.05, 0) is 39.5 Å². The van der Waals surface area contributed by atoms with Crippen molar-refractivity contribution in [3.63, 3.8) is 0 Å². The molecular weight excluding hydrogens is 427 g/mol. The van der Waals surface area contributed by atoms with Crippen LogP contribution in [0.5, 0.6) is 0 Å². The Labute approximate surface area is 168 Å². The van der Waals surface area contributed by atoms with Crippen molar-refractivity contribution in [3.05, 3.63) is 17.0 Å². The van der Waals surface area contributed by atoms with Crippen molar-refractivity contribution in [1.29, 1.82) is 0 Å². The van der Waals surface area contributed by atoms with Crippen molar-refractivity contribution in [2.45, 2.75) is 59.2 Å². The molecule has 2 N–H and O–H groups in total. The molecule has 3 rings (SSSR count). The van der Waals surface area contributed by atoms with Crippen LogP contribution >= 0.6 is 24.0 Å². The molecule has 0 aromatic carbocycles. The van der Waals surface area contributed by atoms with Gasteiger partial charge in [-0.25, -0.2) is 4.99 Å². The molecule has 2 heterocycles. The van der Waals surface area contributed by atoms with Crippen molar-refractivity contribution < 1.29 is 0 Å². The quantitative estimate of drug-likeness (QED) is 0.402. The van der Waals surface area contributed by atoms with Gasteiger partial charge in [-0.1, -0.05) is 6.92 Å². The minimum absolute atomic E-state index is 0. The number of aryl methyl sites for hydroxylation is 2. The normalized spacial score (nSPS) is 24.3. The van der Waals surface area contributed by atoms with Gasteiger partial charge in [0.15, 0.2) is 5.96 Å². The Bertz CT molecular complexity index is 607. The predicted molar refractivity (Wildman–Crippen MR) is 114 cm³/mol. The van der Waals surface area contributed by atoms with E-state index in [2.05, 4.69) is 48.3 Å². The van der Waals surface area contributed by atoms with Gasteiger partial charge in [0.25, 0.3) is 0 Å². The Morgan fingerprint density at radius 3 is 2.56 bits per heavy atom. The van der Waals surface area contributed by atoms with E-state index in [1.54, 1.807) is 0 Å². The van der Waals surface area contributed by atoms with E-state index in [1.807, 2.05) is 11.7 Å². The first kappa shape index (κ1) is 20.5. The molecule has 1 saturated carbocycles. The van der Waals surface area contributed by atoms with Crippen molar-refractivity contribution in [3.8, 4) is 0 Å². The van der Waals surface area contributed by atoms with Crippen molar-refractivity contribution in [2.75, 3.05) is 19.6 Å². The van der Waals surface area contributed by atoms with Gasteiger partial charge in [0, 0.05) is 50.0 Å². The summed E-state index contributed by atoms with van der Waals surface area (Å²) in [5.74, 6) is 1.59. The van der Waals surface area contributed by atoms with Crippen LogP contribution in [0.25, 0.3) is 0 Å². The Morgan fingerprint density at radius 2 is 2.00 bits per heavy atom. The molecule has 142 valence electrons. The van der Waals surface area contributed by atoms with Gasteiger partial charge in [0.1, 0.15) is 0 Å². The van der Waals surface area contributed by atoms with Gasteiger partial charge in [-0.15, -0.1) is 24.0 Å². The molecule has 2 unspecified atom stereocenters. The van der Waals surface area contributed by atoms with E-state index < -0.39 is 0 Å². The molecule has 7 heteroatoms. The van der Waals surface area contributed by atoms with Gasteiger partial charge in [0.05, 0.1) is 12.2 Å². The van der Waals surface area contributed by atoms with Crippen LogP contribution in [0.3, 0.4) is 0 Å². The van der Waals surface area contributed by atoms with E-state index in [1.165, 1.54) is 30.6 Å². The average molecular weight is 460 g/mol. The summed E-state index contributed by atoms with van der Waals surface area (Å²) < 4.78 is 1.94. The highest BCUT2D eigenvalue weighted by molar-refractivity contribution is 14.0. The van der Waals surface area contributed by atoms with Crippen LogP contribution in [0.2, 0.25) is 0 Å². The molecule has 1 aliphatic heterocycles. The number of aromatic nitrogens is 2. The third-order valence-electron chi connectivity index (χ3n) is 5.42. The highest BCUT2D eigenvalue weighted by atomic mass is 127. The van der Waals surface area contributed by atoms with E-state index in [4.69, 9.17) is 4.99 Å². The summed E-state index contributed by atoms with van der Waals surface area (Å²) in [5, 5.41) is 11.6. The van der Waals surface area contributed by atoms with Crippen LogP contribution in [0, 0.1) is 19.8 Å². The third-order valence-corrected chi connectivity index (χ3v) is 5.42. The minimum Gasteiger partial charge on any atom is -0.357 e. The maximum absolute atomic E-state index is 4.82. The first-order valence-corrected chi connectivity index (χ1v) is 9.27. The molecule has 1 aromatic rings. The number of aliphatic imine (C=N–C) groups is 1. The summed E-state index contributed by atoms with van der Waals surface area (Å²) >= 11 is 0. The summed E-state index contributed by atoms with van der Waals surface area (Å²) in [6, 6.07) is 1.33. The van der Waals surface area contributed by atoms with Crippen LogP contribution in [0.15, 0.2) is 4.99 Å². The van der Waals surface area contributed by atoms with E-state index in [-0.39, 0.29) is 24.0 Å². The SMILES string of the molecule is CCNC(=NCc1c(C)nn(C)c1C)NC1CN(C2CC2)CC1C.I. The fraction of sp³-hybridized carbons (Fsp3) is 0.778. The number of hydrogen-bond donors (Lipinski definition) is 2. The molecule has 0 amide bonds. The molecule has 1 aromatic heterocycles. The molecule has 2 aliphatic rings. The van der Waals surface area contributed by atoms with Crippen LogP contribution in [-0.4, -0.2) is 52.4 Å². The van der Waals surface area contributed by atoms with E-state index >= 15 is 0 Å². The molecule has 0 radical (unpaired) electrons. The summed E-state index contributed by atoms with van der Waals surface area (Å²) in [7, 11) is 1.99. The zero-order chi connectivity index (χ0) is 17.3. The zero-order valence-corrected chi connectivity index (χ0v) is 18.5. The first-order chi connectivity index (χ1) is 11.5. The van der Waals surface area contributed by atoms with Crippen LogP contribution in [0.4, 0.5) is 0 Å². The van der Waals surface area contributed by atoms with Crippen molar-refractivity contribution in [1.82, 2.24) is 25.3 Å². The summed E-state index contributed by atoms with van der Waals surface area (Å²) in [4.78, 5) is 7.46. The highest BCUT2D eigenvalue weighted by Crippen LogP contribution is 2.31. The Kier molecular flexibility index (Phi) is 7.13. The summed E-state index contributed by atoms with van der Waals surface area (Å²) in [6.45, 7) is 12.5. The zero-order valence-electron chi connectivity index (χ0n) is 16.2. The van der Waals surface area contributed by atoms with Gasteiger partial charge in [0.2, 0.25) is 0 Å². The highest BCUT2D eigenvalue weighted by Gasteiger charge is 2.38. The maximum atomic E-state index is 4.82. The number of hydrogen-bond acceptors (Lipinski definition) is 3. The van der Waals surface area contributed by atoms with E-state index in [0.717, 1.165) is 30.8 Å². The van der Waals surface area contributed by atoms with Gasteiger partial charge in [-0.2, -0.15) is 5.10 Å². The lowest BCUT2D eigenvalue weighted by Crippen LogP contribution is -2.46. The van der Waals surface area contributed by atoms with E-state index in [0.29, 0.717) is 18.5 Å². The Balaban J connectivity index is 0.00000225. The molecule has 2 fully saturated rings. The number of likely N-dealkylation sites (tertiary alicyclic amines) is 1. The lowest BCUT2D eigenvalue weighted by molar-refractivity contribution is 0.315. The molecule has 0 bridgehead atoms. The van der Waals surface area contributed by atoms with Crippen molar-refractivity contribution >= 4 is 29.9 Å².